The van der Waals surface area contributed by atoms with E-state index in [-0.39, 0.29) is 35.9 Å². The molecule has 2 aliphatic rings. The Bertz CT molecular complexity index is 1130. The van der Waals surface area contributed by atoms with E-state index in [2.05, 4.69) is 5.32 Å². The smallest absolute Gasteiger partial charge is 0.355 e. The van der Waals surface area contributed by atoms with E-state index in [4.69, 9.17) is 9.47 Å². The molecule has 2 amide bonds. The molecule has 1 fully saturated rings. The van der Waals surface area contributed by atoms with Crippen molar-refractivity contribution < 1.29 is 23.9 Å². The summed E-state index contributed by atoms with van der Waals surface area (Å²) in [6.07, 6.45) is 3.84. The van der Waals surface area contributed by atoms with Gasteiger partial charge in [-0.05, 0) is 35.8 Å². The van der Waals surface area contributed by atoms with Crippen molar-refractivity contribution in [2.45, 2.75) is 31.4 Å². The number of allylic oxidation sites excluding steroid dienone is 2. The van der Waals surface area contributed by atoms with Crippen molar-refractivity contribution >= 4 is 29.5 Å². The number of nitrogens with zero attached hydrogens (tertiary/aromatic N) is 1. The fourth-order valence-corrected chi connectivity index (χ4v) is 5.22. The summed E-state index contributed by atoms with van der Waals surface area (Å²) < 4.78 is 10.7. The molecule has 2 aromatic carbocycles. The summed E-state index contributed by atoms with van der Waals surface area (Å²) in [5.74, 6) is 0.161. The highest BCUT2D eigenvalue weighted by Gasteiger charge is 2.54. The number of hydrogen-bond acceptors (Lipinski definition) is 6. The van der Waals surface area contributed by atoms with Crippen LogP contribution in [0, 0.1) is 0 Å². The van der Waals surface area contributed by atoms with Gasteiger partial charge < -0.3 is 14.8 Å². The molecule has 0 unspecified atom stereocenters. The summed E-state index contributed by atoms with van der Waals surface area (Å²) in [5.41, 5.74) is 2.66. The summed E-state index contributed by atoms with van der Waals surface area (Å²) in [6, 6.07) is 15.9. The van der Waals surface area contributed by atoms with Gasteiger partial charge in [-0.15, -0.1) is 11.8 Å². The summed E-state index contributed by atoms with van der Waals surface area (Å²) in [7, 11) is 1.59. The zero-order valence-electron chi connectivity index (χ0n) is 19.0. The molecule has 8 heteroatoms. The van der Waals surface area contributed by atoms with Crippen LogP contribution in [0.5, 0.6) is 5.75 Å². The molecule has 0 aromatic heterocycles. The number of benzene rings is 2. The van der Waals surface area contributed by atoms with Crippen LogP contribution in [0.25, 0.3) is 0 Å². The largest absolute Gasteiger partial charge is 0.497 e. The van der Waals surface area contributed by atoms with Gasteiger partial charge in [-0.1, -0.05) is 54.6 Å². The Kier molecular flexibility index (Phi) is 7.37. The minimum Gasteiger partial charge on any atom is -0.497 e. The molecule has 1 N–H and O–H groups in total. The van der Waals surface area contributed by atoms with Gasteiger partial charge in [-0.3, -0.25) is 14.5 Å². The lowest BCUT2D eigenvalue weighted by molar-refractivity contribution is -0.153. The number of nitrogens with one attached hydrogen (secondary N) is 1. The Balaban J connectivity index is 1.44. The number of rotatable bonds is 8. The molecule has 2 aliphatic heterocycles. The van der Waals surface area contributed by atoms with Gasteiger partial charge in [0.25, 0.3) is 5.91 Å². The number of fused-ring (bicyclic) bond motifs is 1. The van der Waals surface area contributed by atoms with Gasteiger partial charge in [0.2, 0.25) is 5.91 Å². The lowest BCUT2D eigenvalue weighted by Gasteiger charge is -2.49. The highest BCUT2D eigenvalue weighted by Crippen LogP contribution is 2.41. The molecule has 4 rings (SSSR count). The molecule has 34 heavy (non-hydrogen) atoms. The number of ether oxygens (including phenoxy) is 2. The standard InChI is InChI=1S/C26H26N2O5S/c1-3-7-19-16-34-25-22(27-21(29)14-17-8-5-4-6-9-17)24(30)28(25)23(19)26(31)33-15-18-10-12-20(32-2)13-11-18/h3-13,22,25H,14-16H2,1-2H3,(H,27,29)/b7-3-/t22-,25-/m1/s1. The topological polar surface area (TPSA) is 84.9 Å². The van der Waals surface area contributed by atoms with E-state index in [9.17, 15) is 14.4 Å². The average molecular weight is 479 g/mol. The average Bonchev–Trinajstić information content (AvgIpc) is 2.86. The zero-order chi connectivity index (χ0) is 24.1. The van der Waals surface area contributed by atoms with Crippen LogP contribution in [0.15, 0.2) is 78.0 Å². The Morgan fingerprint density at radius 1 is 1.12 bits per heavy atom. The number of thioether (sulfide) groups is 1. The molecule has 2 aromatic rings. The quantitative estimate of drug-likeness (QED) is 0.463. The summed E-state index contributed by atoms with van der Waals surface area (Å²) in [5, 5.41) is 2.49. The summed E-state index contributed by atoms with van der Waals surface area (Å²) in [4.78, 5) is 40.0. The predicted molar refractivity (Wildman–Crippen MR) is 130 cm³/mol. The van der Waals surface area contributed by atoms with Crippen molar-refractivity contribution in [2.75, 3.05) is 12.9 Å². The van der Waals surface area contributed by atoms with E-state index in [1.807, 2.05) is 61.5 Å². The van der Waals surface area contributed by atoms with Gasteiger partial charge in [0.1, 0.15) is 29.5 Å². The molecule has 176 valence electrons. The van der Waals surface area contributed by atoms with E-state index in [0.717, 1.165) is 16.7 Å². The Hall–Kier alpha value is -3.52. The summed E-state index contributed by atoms with van der Waals surface area (Å²) >= 11 is 1.52. The van der Waals surface area contributed by atoms with Crippen LogP contribution in [-0.4, -0.2) is 47.0 Å². The number of β-lactam (4-membered cyclic amide) rings is 1. The van der Waals surface area contributed by atoms with Gasteiger partial charge in [0.15, 0.2) is 0 Å². The third-order valence-corrected chi connectivity index (χ3v) is 6.91. The van der Waals surface area contributed by atoms with Crippen LogP contribution in [0.4, 0.5) is 0 Å². The van der Waals surface area contributed by atoms with Gasteiger partial charge >= 0.3 is 5.97 Å². The minimum atomic E-state index is -0.669. The van der Waals surface area contributed by atoms with E-state index in [1.165, 1.54) is 16.7 Å². The van der Waals surface area contributed by atoms with Crippen molar-refractivity contribution in [2.24, 2.45) is 0 Å². The van der Waals surface area contributed by atoms with E-state index >= 15 is 0 Å². The highest BCUT2D eigenvalue weighted by atomic mass is 32.2. The molecule has 0 bridgehead atoms. The van der Waals surface area contributed by atoms with Gasteiger partial charge in [0.05, 0.1) is 13.5 Å². The fraction of sp³-hybridized carbons (Fsp3) is 0.269. The molecule has 0 radical (unpaired) electrons. The first-order valence-electron chi connectivity index (χ1n) is 11.0. The first kappa shape index (κ1) is 23.6. The van der Waals surface area contributed by atoms with Gasteiger partial charge in [0, 0.05) is 5.75 Å². The maximum absolute atomic E-state index is 13.1. The van der Waals surface area contributed by atoms with E-state index in [0.29, 0.717) is 11.5 Å². The predicted octanol–water partition coefficient (Wildman–Crippen LogP) is 3.21. The van der Waals surface area contributed by atoms with Crippen LogP contribution in [-0.2, 0) is 32.1 Å². The van der Waals surface area contributed by atoms with Crippen LogP contribution in [0.1, 0.15) is 18.1 Å². The number of esters is 1. The normalized spacial score (nSPS) is 19.5. The second kappa shape index (κ2) is 10.6. The Morgan fingerprint density at radius 2 is 1.85 bits per heavy atom. The molecule has 7 nitrogen and oxygen atoms in total. The molecule has 0 aliphatic carbocycles. The molecular weight excluding hydrogens is 452 g/mol. The first-order valence-corrected chi connectivity index (χ1v) is 12.0. The summed E-state index contributed by atoms with van der Waals surface area (Å²) in [6.45, 7) is 1.93. The third kappa shape index (κ3) is 5.02. The lowest BCUT2D eigenvalue weighted by atomic mass is 10.0. The number of carbonyl (C=O) groups is 3. The van der Waals surface area contributed by atoms with Crippen LogP contribution < -0.4 is 10.1 Å². The molecule has 0 spiro atoms. The number of hydrogen-bond donors (Lipinski definition) is 1. The van der Waals surface area contributed by atoms with Crippen molar-refractivity contribution in [1.82, 2.24) is 10.2 Å². The second-order valence-corrected chi connectivity index (χ2v) is 9.02. The monoisotopic (exact) mass is 478 g/mol. The first-order chi connectivity index (χ1) is 16.5. The van der Waals surface area contributed by atoms with Crippen LogP contribution >= 0.6 is 11.8 Å². The van der Waals surface area contributed by atoms with E-state index in [1.54, 1.807) is 19.2 Å². The van der Waals surface area contributed by atoms with Crippen molar-refractivity contribution in [3.63, 3.8) is 0 Å². The Morgan fingerprint density at radius 3 is 2.53 bits per heavy atom. The van der Waals surface area contributed by atoms with Crippen LogP contribution in [0.2, 0.25) is 0 Å². The highest BCUT2D eigenvalue weighted by molar-refractivity contribution is 8.00. The Labute approximate surface area is 202 Å². The van der Waals surface area contributed by atoms with Gasteiger partial charge in [-0.25, -0.2) is 4.79 Å². The number of amides is 2. The molecule has 2 heterocycles. The van der Waals surface area contributed by atoms with Crippen molar-refractivity contribution in [3.05, 3.63) is 89.1 Å². The van der Waals surface area contributed by atoms with Crippen LogP contribution in [0.3, 0.4) is 0 Å². The zero-order valence-corrected chi connectivity index (χ0v) is 19.8. The SMILES string of the molecule is C/C=C\C1=C(C(=O)OCc2ccc(OC)cc2)N2C(=O)[C@@H](NC(=O)Cc3ccccc3)[C@H]2SC1. The second-order valence-electron chi connectivity index (χ2n) is 7.92. The molecule has 1 saturated heterocycles. The lowest BCUT2D eigenvalue weighted by Crippen LogP contribution is -2.70. The maximum Gasteiger partial charge on any atom is 0.355 e. The minimum absolute atomic E-state index is 0.0759. The maximum atomic E-state index is 13.1. The van der Waals surface area contributed by atoms with Gasteiger partial charge in [-0.2, -0.15) is 0 Å². The number of methoxy groups -OCH3 is 1. The van der Waals surface area contributed by atoms with E-state index < -0.39 is 12.0 Å². The molecule has 2 atom stereocenters. The number of carbonyl (C=O) groups excluding carboxylic acids is 3. The fourth-order valence-electron chi connectivity index (χ4n) is 3.91. The molecule has 0 saturated carbocycles. The third-order valence-electron chi connectivity index (χ3n) is 5.61. The molecular formula is C26H26N2O5S. The van der Waals surface area contributed by atoms with Crippen molar-refractivity contribution in [3.8, 4) is 5.75 Å². The van der Waals surface area contributed by atoms with Crippen molar-refractivity contribution in [1.29, 1.82) is 0 Å².